The maximum absolute atomic E-state index is 9.88. The highest BCUT2D eigenvalue weighted by atomic mass is 32.2. The molecule has 0 atom stereocenters. The van der Waals surface area contributed by atoms with Crippen molar-refractivity contribution in [2.24, 2.45) is 0 Å². The van der Waals surface area contributed by atoms with Gasteiger partial charge in [0.1, 0.15) is 0 Å². The fourth-order valence-electron chi connectivity index (χ4n) is 0.255. The highest BCUT2D eigenvalue weighted by Gasteiger charge is 1.88. The molecule has 0 radical (unpaired) electrons. The molecule has 0 aliphatic rings. The normalized spacial score (nSPS) is 11.0. The number of hydrogen-bond acceptors (Lipinski definition) is 2. The molecule has 0 heterocycles. The topological polar surface area (TPSA) is 37.3 Å². The van der Waals surface area contributed by atoms with E-state index in [1.807, 2.05) is 13.8 Å². The monoisotopic (exact) mass is 146 g/mol. The first-order valence-electron chi connectivity index (χ1n) is 2.68. The minimum atomic E-state index is -0.886. The van der Waals surface area contributed by atoms with Crippen LogP contribution >= 0.6 is 11.8 Å². The molecule has 0 aromatic carbocycles. The Hall–Kier alpha value is -0.440. The van der Waals surface area contributed by atoms with Crippen molar-refractivity contribution in [1.29, 1.82) is 0 Å². The van der Waals surface area contributed by atoms with Gasteiger partial charge >= 0.3 is 5.97 Å². The highest BCUT2D eigenvalue weighted by Crippen LogP contribution is 2.09. The second-order valence-corrected chi connectivity index (χ2v) is 3.31. The van der Waals surface area contributed by atoms with Crippen molar-refractivity contribution in [3.63, 3.8) is 0 Å². The number of thioether (sulfide) groups is 1. The first kappa shape index (κ1) is 8.56. The lowest BCUT2D eigenvalue weighted by atomic mass is 10.6. The SMILES string of the molecule is CC(C)SC=CC(=O)O. The summed E-state index contributed by atoms with van der Waals surface area (Å²) in [4.78, 5) is 9.88. The van der Waals surface area contributed by atoms with E-state index in [1.54, 1.807) is 5.41 Å². The summed E-state index contributed by atoms with van der Waals surface area (Å²) in [7, 11) is 0. The van der Waals surface area contributed by atoms with Crippen LogP contribution in [-0.2, 0) is 4.79 Å². The quantitative estimate of drug-likeness (QED) is 0.616. The van der Waals surface area contributed by atoms with Crippen molar-refractivity contribution in [3.8, 4) is 0 Å². The average molecular weight is 146 g/mol. The van der Waals surface area contributed by atoms with Crippen molar-refractivity contribution in [2.75, 3.05) is 0 Å². The van der Waals surface area contributed by atoms with Crippen LogP contribution in [0.2, 0.25) is 0 Å². The molecule has 0 aromatic heterocycles. The lowest BCUT2D eigenvalue weighted by molar-refractivity contribution is -0.131. The molecule has 9 heavy (non-hydrogen) atoms. The third-order valence-corrected chi connectivity index (χ3v) is 1.40. The molecule has 0 spiro atoms. The molecule has 0 amide bonds. The smallest absolute Gasteiger partial charge is 0.328 e. The van der Waals surface area contributed by atoms with Gasteiger partial charge < -0.3 is 5.11 Å². The molecule has 0 fully saturated rings. The van der Waals surface area contributed by atoms with Crippen LogP contribution in [0.15, 0.2) is 11.5 Å². The summed E-state index contributed by atoms with van der Waals surface area (Å²) in [6.45, 7) is 4.02. The van der Waals surface area contributed by atoms with Crippen LogP contribution in [0.25, 0.3) is 0 Å². The predicted molar refractivity (Wildman–Crippen MR) is 39.5 cm³/mol. The molecule has 1 N–H and O–H groups in total. The number of carbonyl (C=O) groups is 1. The summed E-state index contributed by atoms with van der Waals surface area (Å²) in [5.74, 6) is -0.886. The maximum Gasteiger partial charge on any atom is 0.328 e. The van der Waals surface area contributed by atoms with Gasteiger partial charge in [0.25, 0.3) is 0 Å². The zero-order chi connectivity index (χ0) is 7.28. The van der Waals surface area contributed by atoms with Gasteiger partial charge in [-0.1, -0.05) is 13.8 Å². The Morgan fingerprint density at radius 1 is 1.67 bits per heavy atom. The van der Waals surface area contributed by atoms with Crippen molar-refractivity contribution in [2.45, 2.75) is 19.1 Å². The highest BCUT2D eigenvalue weighted by molar-refractivity contribution is 8.02. The molecule has 0 aliphatic carbocycles. The van der Waals surface area contributed by atoms with E-state index in [4.69, 9.17) is 5.11 Å². The van der Waals surface area contributed by atoms with E-state index in [0.717, 1.165) is 6.08 Å². The van der Waals surface area contributed by atoms with E-state index in [9.17, 15) is 4.79 Å². The minimum absolute atomic E-state index is 0.459. The van der Waals surface area contributed by atoms with Gasteiger partial charge in [-0.05, 0) is 5.41 Å². The number of aliphatic carboxylic acids is 1. The first-order valence-corrected chi connectivity index (χ1v) is 3.62. The van der Waals surface area contributed by atoms with Crippen molar-refractivity contribution >= 4 is 17.7 Å². The molecule has 0 rings (SSSR count). The summed E-state index contributed by atoms with van der Waals surface area (Å²) in [5, 5.41) is 10.2. The van der Waals surface area contributed by atoms with E-state index in [-0.39, 0.29) is 0 Å². The molecule has 3 heteroatoms. The van der Waals surface area contributed by atoms with Crippen molar-refractivity contribution in [1.82, 2.24) is 0 Å². The summed E-state index contributed by atoms with van der Waals surface area (Å²) < 4.78 is 0. The summed E-state index contributed by atoms with van der Waals surface area (Å²) >= 11 is 1.50. The fraction of sp³-hybridized carbons (Fsp3) is 0.500. The molecular formula is C6H10O2S. The molecule has 2 nitrogen and oxygen atoms in total. The lowest BCUT2D eigenvalue weighted by Gasteiger charge is -1.94. The second-order valence-electron chi connectivity index (χ2n) is 1.83. The van der Waals surface area contributed by atoms with Crippen molar-refractivity contribution in [3.05, 3.63) is 11.5 Å². The number of carboxylic acids is 1. The van der Waals surface area contributed by atoms with E-state index < -0.39 is 5.97 Å². The van der Waals surface area contributed by atoms with Gasteiger partial charge in [0.2, 0.25) is 0 Å². The Bertz CT molecular complexity index is 118. The molecule has 0 saturated carbocycles. The van der Waals surface area contributed by atoms with Crippen LogP contribution in [-0.4, -0.2) is 16.3 Å². The summed E-state index contributed by atoms with van der Waals surface area (Å²) in [6.07, 6.45) is 1.14. The number of rotatable bonds is 3. The average Bonchev–Trinajstić information content (AvgIpc) is 1.63. The molecular weight excluding hydrogens is 136 g/mol. The van der Waals surface area contributed by atoms with Crippen LogP contribution in [0.4, 0.5) is 0 Å². The van der Waals surface area contributed by atoms with Gasteiger partial charge in [-0.2, -0.15) is 0 Å². The van der Waals surface area contributed by atoms with Crippen LogP contribution < -0.4 is 0 Å². The number of hydrogen-bond donors (Lipinski definition) is 1. The third kappa shape index (κ3) is 7.56. The predicted octanol–water partition coefficient (Wildman–Crippen LogP) is 1.73. The van der Waals surface area contributed by atoms with Gasteiger partial charge in [0.05, 0.1) is 0 Å². The van der Waals surface area contributed by atoms with Crippen LogP contribution in [0.5, 0.6) is 0 Å². The van der Waals surface area contributed by atoms with E-state index in [0.29, 0.717) is 5.25 Å². The van der Waals surface area contributed by atoms with E-state index in [2.05, 4.69) is 0 Å². The van der Waals surface area contributed by atoms with Gasteiger partial charge in [-0.25, -0.2) is 4.79 Å². The van der Waals surface area contributed by atoms with E-state index >= 15 is 0 Å². The van der Waals surface area contributed by atoms with Gasteiger partial charge in [-0.15, -0.1) is 11.8 Å². The van der Waals surface area contributed by atoms with Crippen LogP contribution in [0.3, 0.4) is 0 Å². The Morgan fingerprint density at radius 2 is 2.22 bits per heavy atom. The zero-order valence-corrected chi connectivity index (χ0v) is 6.31. The van der Waals surface area contributed by atoms with Gasteiger partial charge in [0, 0.05) is 11.3 Å². The van der Waals surface area contributed by atoms with Gasteiger partial charge in [-0.3, -0.25) is 0 Å². The third-order valence-electron chi connectivity index (χ3n) is 0.561. The Balaban J connectivity index is 3.36. The number of carboxylic acid groups (broad SMARTS) is 1. The summed E-state index contributed by atoms with van der Waals surface area (Å²) in [5.41, 5.74) is 0. The minimum Gasteiger partial charge on any atom is -0.478 e. The Morgan fingerprint density at radius 3 is 2.56 bits per heavy atom. The van der Waals surface area contributed by atoms with Crippen LogP contribution in [0, 0.1) is 0 Å². The van der Waals surface area contributed by atoms with Crippen molar-refractivity contribution < 1.29 is 9.90 Å². The Labute approximate surface area is 59.0 Å². The standard InChI is InChI=1S/C6H10O2S/c1-5(2)9-4-3-6(7)8/h3-5H,1-2H3,(H,7,8). The molecule has 52 valence electrons. The molecule has 0 unspecified atom stereocenters. The molecule has 0 aromatic rings. The zero-order valence-electron chi connectivity index (χ0n) is 5.50. The lowest BCUT2D eigenvalue weighted by Crippen LogP contribution is -1.86. The first-order chi connectivity index (χ1) is 4.13. The maximum atomic E-state index is 9.88. The largest absolute Gasteiger partial charge is 0.478 e. The van der Waals surface area contributed by atoms with Crippen LogP contribution in [0.1, 0.15) is 13.8 Å². The van der Waals surface area contributed by atoms with E-state index in [1.165, 1.54) is 11.8 Å². The van der Waals surface area contributed by atoms with Gasteiger partial charge in [0.15, 0.2) is 0 Å². The summed E-state index contributed by atoms with van der Waals surface area (Å²) in [6, 6.07) is 0. The second kappa shape index (κ2) is 4.44. The molecule has 0 bridgehead atoms. The fourth-order valence-corrected chi connectivity index (χ4v) is 0.764. The molecule has 0 saturated heterocycles. The Kier molecular flexibility index (Phi) is 4.22. The molecule has 0 aliphatic heterocycles.